The minimum Gasteiger partial charge on any atom is -0.312 e. The van der Waals surface area contributed by atoms with Gasteiger partial charge >= 0.3 is 0 Å². The molecule has 1 rings (SSSR count). The summed E-state index contributed by atoms with van der Waals surface area (Å²) in [7, 11) is 2.19. The van der Waals surface area contributed by atoms with Crippen LogP contribution in [0, 0.1) is 5.92 Å². The highest BCUT2D eigenvalue weighted by Gasteiger charge is 2.12. The second-order valence-electron chi connectivity index (χ2n) is 6.56. The lowest BCUT2D eigenvalue weighted by Crippen LogP contribution is -2.40. The van der Waals surface area contributed by atoms with E-state index in [9.17, 15) is 0 Å². The zero-order valence-electron chi connectivity index (χ0n) is 12.8. The third-order valence-corrected chi connectivity index (χ3v) is 3.50. The molecular weight excluding hydrogens is 300 g/mol. The SMILES string of the molecule is CC(CNC(C)(C)C)CN(C)Cc1ccc(Br)cc1. The Morgan fingerprint density at radius 1 is 1.21 bits per heavy atom. The number of nitrogens with zero attached hydrogens (tertiary/aromatic N) is 1. The minimum absolute atomic E-state index is 0.207. The molecule has 19 heavy (non-hydrogen) atoms. The maximum absolute atomic E-state index is 3.57. The lowest BCUT2D eigenvalue weighted by molar-refractivity contribution is 0.261. The highest BCUT2D eigenvalue weighted by molar-refractivity contribution is 9.10. The minimum atomic E-state index is 0.207. The van der Waals surface area contributed by atoms with Gasteiger partial charge in [-0.3, -0.25) is 0 Å². The molecule has 2 nitrogen and oxygen atoms in total. The first kappa shape index (κ1) is 16.7. The fourth-order valence-electron chi connectivity index (χ4n) is 2.04. The van der Waals surface area contributed by atoms with Crippen molar-refractivity contribution < 1.29 is 0 Å². The third-order valence-electron chi connectivity index (χ3n) is 2.97. The van der Waals surface area contributed by atoms with Crippen molar-refractivity contribution in [3.63, 3.8) is 0 Å². The Morgan fingerprint density at radius 2 is 1.79 bits per heavy atom. The van der Waals surface area contributed by atoms with Gasteiger partial charge in [0.2, 0.25) is 0 Å². The van der Waals surface area contributed by atoms with Crippen LogP contribution in [0.15, 0.2) is 28.7 Å². The van der Waals surface area contributed by atoms with E-state index in [0.29, 0.717) is 5.92 Å². The van der Waals surface area contributed by atoms with Crippen molar-refractivity contribution in [3.05, 3.63) is 34.3 Å². The van der Waals surface area contributed by atoms with Crippen LogP contribution in [0.3, 0.4) is 0 Å². The molecule has 0 aliphatic rings. The summed E-state index contributed by atoms with van der Waals surface area (Å²) in [5.41, 5.74) is 1.57. The topological polar surface area (TPSA) is 15.3 Å². The summed E-state index contributed by atoms with van der Waals surface area (Å²) in [5.74, 6) is 0.652. The number of hydrogen-bond donors (Lipinski definition) is 1. The van der Waals surface area contributed by atoms with Crippen LogP contribution in [-0.2, 0) is 6.54 Å². The summed E-state index contributed by atoms with van der Waals surface area (Å²) in [6, 6.07) is 8.57. The predicted molar refractivity (Wildman–Crippen MR) is 87.4 cm³/mol. The Hall–Kier alpha value is -0.380. The Bertz CT molecular complexity index is 367. The van der Waals surface area contributed by atoms with Crippen molar-refractivity contribution in [2.24, 2.45) is 5.92 Å². The molecule has 0 aromatic heterocycles. The number of rotatable bonds is 6. The van der Waals surface area contributed by atoms with Gasteiger partial charge in [0.15, 0.2) is 0 Å². The summed E-state index contributed by atoms with van der Waals surface area (Å²) in [5, 5.41) is 3.57. The molecule has 1 aromatic rings. The monoisotopic (exact) mass is 326 g/mol. The van der Waals surface area contributed by atoms with Gasteiger partial charge in [-0.1, -0.05) is 35.0 Å². The Morgan fingerprint density at radius 3 is 2.32 bits per heavy atom. The smallest absolute Gasteiger partial charge is 0.0230 e. The van der Waals surface area contributed by atoms with E-state index >= 15 is 0 Å². The second-order valence-corrected chi connectivity index (χ2v) is 7.47. The lowest BCUT2D eigenvalue weighted by atomic mass is 10.1. The van der Waals surface area contributed by atoms with E-state index in [1.807, 2.05) is 0 Å². The Balaban J connectivity index is 2.34. The second kappa shape index (κ2) is 7.41. The first-order valence-corrected chi connectivity index (χ1v) is 7.73. The fraction of sp³-hybridized carbons (Fsp3) is 0.625. The highest BCUT2D eigenvalue weighted by Crippen LogP contribution is 2.12. The van der Waals surface area contributed by atoms with Crippen molar-refractivity contribution in [1.29, 1.82) is 0 Å². The van der Waals surface area contributed by atoms with Crippen LogP contribution < -0.4 is 5.32 Å². The molecule has 0 fully saturated rings. The van der Waals surface area contributed by atoms with E-state index in [0.717, 1.165) is 24.1 Å². The number of halogens is 1. The quantitative estimate of drug-likeness (QED) is 0.852. The molecule has 0 amide bonds. The molecule has 0 aliphatic carbocycles. The van der Waals surface area contributed by atoms with Crippen molar-refractivity contribution in [2.45, 2.75) is 39.8 Å². The molecule has 1 aromatic carbocycles. The van der Waals surface area contributed by atoms with Crippen LogP contribution in [0.5, 0.6) is 0 Å². The molecule has 1 unspecified atom stereocenters. The summed E-state index contributed by atoms with van der Waals surface area (Å²) in [6.45, 7) is 12.1. The van der Waals surface area contributed by atoms with Crippen LogP contribution in [0.1, 0.15) is 33.3 Å². The predicted octanol–water partition coefficient (Wildman–Crippen LogP) is 3.91. The summed E-state index contributed by atoms with van der Waals surface area (Å²) >= 11 is 3.47. The largest absolute Gasteiger partial charge is 0.312 e. The van der Waals surface area contributed by atoms with E-state index in [-0.39, 0.29) is 5.54 Å². The summed E-state index contributed by atoms with van der Waals surface area (Å²) in [4.78, 5) is 2.39. The van der Waals surface area contributed by atoms with E-state index < -0.39 is 0 Å². The molecule has 0 saturated heterocycles. The molecule has 0 aliphatic heterocycles. The van der Waals surface area contributed by atoms with E-state index in [1.54, 1.807) is 0 Å². The Kier molecular flexibility index (Phi) is 6.51. The molecule has 1 atom stereocenters. The molecule has 0 saturated carbocycles. The maximum atomic E-state index is 3.57. The van der Waals surface area contributed by atoms with Gasteiger partial charge in [0.1, 0.15) is 0 Å². The van der Waals surface area contributed by atoms with Gasteiger partial charge in [-0.2, -0.15) is 0 Å². The van der Waals surface area contributed by atoms with Crippen molar-refractivity contribution in [2.75, 3.05) is 20.1 Å². The summed E-state index contributed by atoms with van der Waals surface area (Å²) < 4.78 is 1.14. The van der Waals surface area contributed by atoms with E-state index in [2.05, 4.69) is 85.2 Å². The molecule has 1 N–H and O–H groups in total. The van der Waals surface area contributed by atoms with Crippen LogP contribution in [0.25, 0.3) is 0 Å². The Labute approximate surface area is 126 Å². The molecule has 108 valence electrons. The standard InChI is InChI=1S/C16H27BrN2/c1-13(10-18-16(2,3)4)11-19(5)12-14-6-8-15(17)9-7-14/h6-9,13,18H,10-12H2,1-5H3. The van der Waals surface area contributed by atoms with Gasteiger partial charge in [-0.05, 0) is 58.0 Å². The first-order valence-electron chi connectivity index (χ1n) is 6.94. The van der Waals surface area contributed by atoms with Crippen molar-refractivity contribution >= 4 is 15.9 Å². The van der Waals surface area contributed by atoms with E-state index in [1.165, 1.54) is 5.56 Å². The zero-order valence-corrected chi connectivity index (χ0v) is 14.4. The normalized spacial score (nSPS) is 13.8. The van der Waals surface area contributed by atoms with Gasteiger partial charge in [0.05, 0.1) is 0 Å². The third kappa shape index (κ3) is 7.71. The van der Waals surface area contributed by atoms with Crippen molar-refractivity contribution in [1.82, 2.24) is 10.2 Å². The van der Waals surface area contributed by atoms with Gasteiger partial charge < -0.3 is 10.2 Å². The zero-order chi connectivity index (χ0) is 14.5. The van der Waals surface area contributed by atoms with Gasteiger partial charge in [-0.15, -0.1) is 0 Å². The first-order chi connectivity index (χ1) is 8.76. The van der Waals surface area contributed by atoms with Crippen molar-refractivity contribution in [3.8, 4) is 0 Å². The number of hydrogen-bond acceptors (Lipinski definition) is 2. The van der Waals surface area contributed by atoms with Crippen LogP contribution in [-0.4, -0.2) is 30.6 Å². The number of nitrogens with one attached hydrogen (secondary N) is 1. The van der Waals surface area contributed by atoms with Crippen LogP contribution in [0.2, 0.25) is 0 Å². The molecule has 0 heterocycles. The lowest BCUT2D eigenvalue weighted by Gasteiger charge is -2.26. The molecule has 0 bridgehead atoms. The molecule has 3 heteroatoms. The van der Waals surface area contributed by atoms with Gasteiger partial charge in [0.25, 0.3) is 0 Å². The maximum Gasteiger partial charge on any atom is 0.0230 e. The molecular formula is C16H27BrN2. The van der Waals surface area contributed by atoms with E-state index in [4.69, 9.17) is 0 Å². The highest BCUT2D eigenvalue weighted by atomic mass is 79.9. The van der Waals surface area contributed by atoms with Gasteiger partial charge in [-0.25, -0.2) is 0 Å². The summed E-state index contributed by atoms with van der Waals surface area (Å²) in [6.07, 6.45) is 0. The molecule has 0 radical (unpaired) electrons. The van der Waals surface area contributed by atoms with Gasteiger partial charge in [0, 0.05) is 23.1 Å². The van der Waals surface area contributed by atoms with Crippen LogP contribution >= 0.6 is 15.9 Å². The number of benzene rings is 1. The van der Waals surface area contributed by atoms with Crippen LogP contribution in [0.4, 0.5) is 0 Å². The average molecular weight is 327 g/mol. The average Bonchev–Trinajstić information content (AvgIpc) is 2.29. The molecule has 0 spiro atoms. The fourth-order valence-corrected chi connectivity index (χ4v) is 2.31.